The molecule has 0 fully saturated rings. The smallest absolute Gasteiger partial charge is 0.313 e. The van der Waals surface area contributed by atoms with Gasteiger partial charge in [0.1, 0.15) is 0 Å². The van der Waals surface area contributed by atoms with E-state index < -0.39 is 11.4 Å². The lowest BCUT2D eigenvalue weighted by molar-refractivity contribution is -0.142. The van der Waals surface area contributed by atoms with E-state index in [4.69, 9.17) is 11.6 Å². The van der Waals surface area contributed by atoms with Crippen LogP contribution in [0, 0.1) is 0 Å². The third-order valence-corrected chi connectivity index (χ3v) is 4.23. The summed E-state index contributed by atoms with van der Waals surface area (Å²) in [6.45, 7) is 3.30. The van der Waals surface area contributed by atoms with Crippen LogP contribution >= 0.6 is 11.6 Å². The fourth-order valence-electron chi connectivity index (χ4n) is 2.23. The number of carboxylic acid groups (broad SMARTS) is 1. The highest BCUT2D eigenvalue weighted by molar-refractivity contribution is 6.30. The Morgan fingerprint density at radius 3 is 2.17 bits per heavy atom. The number of aryl methyl sites for hydroxylation is 1. The Bertz CT molecular complexity index is 721. The Labute approximate surface area is 146 Å². The summed E-state index contributed by atoms with van der Waals surface area (Å²) in [4.78, 5) is 23.3. The molecule has 2 N–H and O–H groups in total. The van der Waals surface area contributed by atoms with E-state index in [2.05, 4.69) is 5.32 Å². The molecule has 0 spiro atoms. The van der Waals surface area contributed by atoms with Gasteiger partial charge >= 0.3 is 5.97 Å². The topological polar surface area (TPSA) is 66.4 Å². The minimum absolute atomic E-state index is 0.0878. The highest BCUT2D eigenvalue weighted by Gasteiger charge is 2.29. The number of hydrogen-bond donors (Lipinski definition) is 2. The summed E-state index contributed by atoms with van der Waals surface area (Å²) in [5.74, 6) is -0.975. The van der Waals surface area contributed by atoms with E-state index in [0.29, 0.717) is 29.1 Å². The van der Waals surface area contributed by atoms with E-state index in [1.165, 1.54) is 0 Å². The molecule has 0 aliphatic carbocycles. The maximum atomic E-state index is 12.0. The van der Waals surface area contributed by atoms with E-state index in [9.17, 15) is 14.7 Å². The largest absolute Gasteiger partial charge is 0.481 e. The number of rotatable bonds is 6. The van der Waals surface area contributed by atoms with Gasteiger partial charge in [0.2, 0.25) is 5.91 Å². The Morgan fingerprint density at radius 2 is 1.62 bits per heavy atom. The minimum Gasteiger partial charge on any atom is -0.481 e. The normalized spacial score (nSPS) is 11.1. The van der Waals surface area contributed by atoms with E-state index in [1.807, 2.05) is 12.1 Å². The monoisotopic (exact) mass is 345 g/mol. The molecule has 0 atom stereocenters. The van der Waals surface area contributed by atoms with E-state index in [0.717, 1.165) is 5.56 Å². The second-order valence-electron chi connectivity index (χ2n) is 6.18. The molecule has 0 heterocycles. The first kappa shape index (κ1) is 18.0. The molecule has 0 saturated carbocycles. The van der Waals surface area contributed by atoms with Gasteiger partial charge in [0, 0.05) is 17.1 Å². The maximum absolute atomic E-state index is 12.0. The molecule has 24 heavy (non-hydrogen) atoms. The lowest BCUT2D eigenvalue weighted by Gasteiger charge is -2.19. The number of amides is 1. The molecule has 1 amide bonds. The molecule has 2 aromatic carbocycles. The van der Waals surface area contributed by atoms with Gasteiger partial charge in [-0.3, -0.25) is 9.59 Å². The molecule has 0 saturated heterocycles. The van der Waals surface area contributed by atoms with Crippen LogP contribution in [-0.4, -0.2) is 17.0 Å². The molecule has 2 rings (SSSR count). The zero-order chi connectivity index (χ0) is 17.7. The number of carboxylic acids is 1. The third kappa shape index (κ3) is 4.59. The van der Waals surface area contributed by atoms with Crippen molar-refractivity contribution in [3.63, 3.8) is 0 Å². The van der Waals surface area contributed by atoms with Crippen molar-refractivity contribution in [3.8, 4) is 0 Å². The summed E-state index contributed by atoms with van der Waals surface area (Å²) in [7, 11) is 0. The predicted octanol–water partition coefficient (Wildman–Crippen LogP) is 4.27. The standard InChI is InChI=1S/C19H20ClNO3/c1-19(2,18(23)24)14-6-10-16(11-7-14)21-17(22)12-5-13-3-8-15(20)9-4-13/h3-4,6-11H,5,12H2,1-2H3,(H,21,22)(H,23,24). The molecule has 0 aliphatic heterocycles. The van der Waals surface area contributed by atoms with Crippen LogP contribution in [0.3, 0.4) is 0 Å². The number of benzene rings is 2. The zero-order valence-electron chi connectivity index (χ0n) is 13.7. The van der Waals surface area contributed by atoms with Crippen LogP contribution in [0.4, 0.5) is 5.69 Å². The number of hydrogen-bond acceptors (Lipinski definition) is 2. The third-order valence-electron chi connectivity index (χ3n) is 3.98. The minimum atomic E-state index is -0.961. The molecular weight excluding hydrogens is 326 g/mol. The molecule has 2 aromatic rings. The van der Waals surface area contributed by atoms with Gasteiger partial charge in [-0.25, -0.2) is 0 Å². The van der Waals surface area contributed by atoms with Crippen molar-refractivity contribution >= 4 is 29.2 Å². The highest BCUT2D eigenvalue weighted by atomic mass is 35.5. The molecule has 126 valence electrons. The lowest BCUT2D eigenvalue weighted by atomic mass is 9.85. The Kier molecular flexibility index (Phi) is 5.62. The fraction of sp³-hybridized carbons (Fsp3) is 0.263. The first-order chi connectivity index (χ1) is 11.3. The fourth-order valence-corrected chi connectivity index (χ4v) is 2.35. The van der Waals surface area contributed by atoms with Crippen molar-refractivity contribution in [2.75, 3.05) is 5.32 Å². The number of carbonyl (C=O) groups is 2. The van der Waals surface area contributed by atoms with Crippen molar-refractivity contribution in [3.05, 3.63) is 64.7 Å². The molecule has 0 aliphatic rings. The maximum Gasteiger partial charge on any atom is 0.313 e. The SMILES string of the molecule is CC(C)(C(=O)O)c1ccc(NC(=O)CCc2ccc(Cl)cc2)cc1. The number of halogens is 1. The first-order valence-corrected chi connectivity index (χ1v) is 8.05. The Balaban J connectivity index is 1.92. The summed E-state index contributed by atoms with van der Waals surface area (Å²) in [6.07, 6.45) is 0.997. The second-order valence-corrected chi connectivity index (χ2v) is 6.62. The van der Waals surface area contributed by atoms with Gasteiger partial charge in [-0.2, -0.15) is 0 Å². The van der Waals surface area contributed by atoms with E-state index >= 15 is 0 Å². The molecule has 0 unspecified atom stereocenters. The second kappa shape index (κ2) is 7.49. The quantitative estimate of drug-likeness (QED) is 0.821. The zero-order valence-corrected chi connectivity index (χ0v) is 14.4. The highest BCUT2D eigenvalue weighted by Crippen LogP contribution is 2.24. The average molecular weight is 346 g/mol. The summed E-state index contributed by atoms with van der Waals surface area (Å²) in [5, 5.41) is 12.7. The van der Waals surface area contributed by atoms with E-state index in [1.54, 1.807) is 50.2 Å². The summed E-state index contributed by atoms with van der Waals surface area (Å²) >= 11 is 5.83. The van der Waals surface area contributed by atoms with Gasteiger partial charge in [0.15, 0.2) is 0 Å². The van der Waals surface area contributed by atoms with Crippen LogP contribution in [0.2, 0.25) is 5.02 Å². The number of nitrogens with one attached hydrogen (secondary N) is 1. The molecular formula is C19H20ClNO3. The van der Waals surface area contributed by atoms with Gasteiger partial charge in [0.05, 0.1) is 5.41 Å². The number of carbonyl (C=O) groups excluding carboxylic acids is 1. The van der Waals surface area contributed by atoms with Crippen molar-refractivity contribution in [2.45, 2.75) is 32.1 Å². The summed E-state index contributed by atoms with van der Waals surface area (Å²) < 4.78 is 0. The van der Waals surface area contributed by atoms with Crippen molar-refractivity contribution < 1.29 is 14.7 Å². The molecule has 5 heteroatoms. The van der Waals surface area contributed by atoms with Crippen LogP contribution in [0.5, 0.6) is 0 Å². The summed E-state index contributed by atoms with van der Waals surface area (Å²) in [6, 6.07) is 14.3. The number of aliphatic carboxylic acids is 1. The van der Waals surface area contributed by atoms with Crippen LogP contribution in [0.25, 0.3) is 0 Å². The molecule has 4 nitrogen and oxygen atoms in total. The molecule has 0 bridgehead atoms. The Morgan fingerprint density at radius 1 is 1.04 bits per heavy atom. The van der Waals surface area contributed by atoms with E-state index in [-0.39, 0.29) is 5.91 Å². The van der Waals surface area contributed by atoms with Crippen LogP contribution in [-0.2, 0) is 21.4 Å². The lowest BCUT2D eigenvalue weighted by Crippen LogP contribution is -2.28. The van der Waals surface area contributed by atoms with Crippen LogP contribution in [0.1, 0.15) is 31.4 Å². The van der Waals surface area contributed by atoms with Gasteiger partial charge in [-0.05, 0) is 55.7 Å². The van der Waals surface area contributed by atoms with Crippen molar-refractivity contribution in [1.82, 2.24) is 0 Å². The van der Waals surface area contributed by atoms with Crippen molar-refractivity contribution in [1.29, 1.82) is 0 Å². The van der Waals surface area contributed by atoms with Crippen LogP contribution in [0.15, 0.2) is 48.5 Å². The molecule has 0 aromatic heterocycles. The number of anilines is 1. The van der Waals surface area contributed by atoms with Gasteiger partial charge < -0.3 is 10.4 Å². The van der Waals surface area contributed by atoms with Crippen molar-refractivity contribution in [2.24, 2.45) is 0 Å². The Hall–Kier alpha value is -2.33. The predicted molar refractivity (Wildman–Crippen MR) is 95.5 cm³/mol. The van der Waals surface area contributed by atoms with Gasteiger partial charge in [-0.1, -0.05) is 35.9 Å². The van der Waals surface area contributed by atoms with Gasteiger partial charge in [-0.15, -0.1) is 0 Å². The molecule has 0 radical (unpaired) electrons. The average Bonchev–Trinajstić information content (AvgIpc) is 2.54. The van der Waals surface area contributed by atoms with Crippen LogP contribution < -0.4 is 5.32 Å². The first-order valence-electron chi connectivity index (χ1n) is 7.67. The summed E-state index contributed by atoms with van der Waals surface area (Å²) in [5.41, 5.74) is 1.43. The van der Waals surface area contributed by atoms with Gasteiger partial charge in [0.25, 0.3) is 0 Å².